The Bertz CT molecular complexity index is 285. The van der Waals surface area contributed by atoms with E-state index in [0.29, 0.717) is 8.95 Å². The van der Waals surface area contributed by atoms with Gasteiger partial charge in [-0.05, 0) is 55.1 Å². The van der Waals surface area contributed by atoms with Gasteiger partial charge in [0.1, 0.15) is 0 Å². The minimum Gasteiger partial charge on any atom is -0.768 e. The van der Waals surface area contributed by atoms with Crippen molar-refractivity contribution < 1.29 is 27.6 Å². The second-order valence-electron chi connectivity index (χ2n) is 1.79. The third-order valence-electron chi connectivity index (χ3n) is 1.09. The van der Waals surface area contributed by atoms with Crippen LogP contribution in [0.3, 0.4) is 0 Å². The van der Waals surface area contributed by atoms with Crippen LogP contribution in [0.4, 0.5) is 0 Å². The fourth-order valence-corrected chi connectivity index (χ4v) is 2.89. The molecule has 0 N–H and O–H groups in total. The third kappa shape index (κ3) is 2.98. The topological polar surface area (TPSA) is 40.1 Å². The molecule has 1 unspecified atom stereocenters. The summed E-state index contributed by atoms with van der Waals surface area (Å²) < 4.78 is 22.3. The van der Waals surface area contributed by atoms with Crippen LogP contribution < -0.4 is 18.9 Å². The van der Waals surface area contributed by atoms with Gasteiger partial charge in [0, 0.05) is 8.95 Å². The maximum absolute atomic E-state index is 10.6. The fraction of sp³-hybridized carbons (Fsp3) is 0. The molecule has 0 aliphatic heterocycles. The maximum Gasteiger partial charge on any atom is 1.00 e. The summed E-state index contributed by atoms with van der Waals surface area (Å²) in [5.74, 6) is 0. The molecule has 12 heavy (non-hydrogen) atoms. The smallest absolute Gasteiger partial charge is 0.768 e. The molecule has 0 saturated carbocycles. The summed E-state index contributed by atoms with van der Waals surface area (Å²) in [6, 6.07) is 5.11. The first-order valence-corrected chi connectivity index (χ1v) is 5.32. The predicted octanol–water partition coefficient (Wildman–Crippen LogP) is -0.546. The molecule has 60 valence electrons. The van der Waals surface area contributed by atoms with Crippen molar-refractivity contribution in [2.45, 2.75) is 4.90 Å². The molecule has 0 radical (unpaired) electrons. The van der Waals surface area contributed by atoms with Crippen LogP contribution in [0, 0.1) is 0 Å². The summed E-state index contributed by atoms with van der Waals surface area (Å²) in [4.78, 5) is 0.257. The molecule has 0 amide bonds. The molecule has 0 spiro atoms. The van der Waals surface area contributed by atoms with E-state index in [1.165, 1.54) is 0 Å². The molecule has 2 nitrogen and oxygen atoms in total. The monoisotopic (exact) mass is 304 g/mol. The van der Waals surface area contributed by atoms with Crippen molar-refractivity contribution >= 4 is 42.9 Å². The van der Waals surface area contributed by atoms with Crippen LogP contribution in [0.1, 0.15) is 0 Å². The van der Waals surface area contributed by atoms with Crippen LogP contribution in [0.15, 0.2) is 32.0 Å². The second kappa shape index (κ2) is 5.58. The Hall–Kier alpha value is 0.887. The van der Waals surface area contributed by atoms with E-state index >= 15 is 0 Å². The largest absolute Gasteiger partial charge is 1.00 e. The Morgan fingerprint density at radius 2 is 1.67 bits per heavy atom. The molecular weight excluding hydrogens is 303 g/mol. The van der Waals surface area contributed by atoms with E-state index < -0.39 is 11.1 Å². The van der Waals surface area contributed by atoms with Crippen LogP contribution in [-0.4, -0.2) is 8.76 Å². The van der Waals surface area contributed by atoms with Crippen molar-refractivity contribution in [2.24, 2.45) is 0 Å². The van der Waals surface area contributed by atoms with E-state index in [1.807, 2.05) is 0 Å². The average Bonchev–Trinajstić information content (AvgIpc) is 1.85. The number of hydrogen-bond acceptors (Lipinski definition) is 2. The van der Waals surface area contributed by atoms with Gasteiger partial charge in [-0.15, -0.1) is 0 Å². The van der Waals surface area contributed by atoms with E-state index in [1.54, 1.807) is 18.2 Å². The molecule has 1 rings (SSSR count). The first-order chi connectivity index (χ1) is 5.13. The summed E-state index contributed by atoms with van der Waals surface area (Å²) in [5.41, 5.74) is 0. The van der Waals surface area contributed by atoms with Crippen LogP contribution >= 0.6 is 31.9 Å². The minimum atomic E-state index is -2.20. The SMILES string of the molecule is O=S([O-])c1c(Br)cccc1Br.[Li+]. The summed E-state index contributed by atoms with van der Waals surface area (Å²) in [6.07, 6.45) is 0. The average molecular weight is 306 g/mol. The van der Waals surface area contributed by atoms with E-state index in [2.05, 4.69) is 31.9 Å². The molecule has 1 aromatic rings. The van der Waals surface area contributed by atoms with Crippen molar-refractivity contribution in [1.29, 1.82) is 0 Å². The van der Waals surface area contributed by atoms with E-state index in [4.69, 9.17) is 0 Å². The Morgan fingerprint density at radius 1 is 1.25 bits per heavy atom. The normalized spacial score (nSPS) is 11.9. The standard InChI is InChI=1S/C6H4Br2O2S.Li/c7-4-2-1-3-5(8)6(4)11(9)10;/h1-3H,(H,9,10);/q;+1/p-1. The van der Waals surface area contributed by atoms with Gasteiger partial charge in [-0.2, -0.15) is 0 Å². The minimum absolute atomic E-state index is 0. The molecule has 1 aromatic carbocycles. The molecule has 0 heterocycles. The summed E-state index contributed by atoms with van der Waals surface area (Å²) in [7, 11) is 0. The summed E-state index contributed by atoms with van der Waals surface area (Å²) >= 11 is 4.05. The zero-order chi connectivity index (χ0) is 8.43. The van der Waals surface area contributed by atoms with Gasteiger partial charge in [0.15, 0.2) is 0 Å². The van der Waals surface area contributed by atoms with Crippen molar-refractivity contribution in [3.05, 3.63) is 27.1 Å². The Kier molecular flexibility index (Phi) is 6.00. The molecule has 1 atom stereocenters. The van der Waals surface area contributed by atoms with Crippen LogP contribution in [0.5, 0.6) is 0 Å². The van der Waals surface area contributed by atoms with Crippen LogP contribution in [-0.2, 0) is 11.1 Å². The van der Waals surface area contributed by atoms with Gasteiger partial charge < -0.3 is 4.55 Å². The number of hydrogen-bond donors (Lipinski definition) is 0. The van der Waals surface area contributed by atoms with Gasteiger partial charge in [0.05, 0.1) is 4.90 Å². The quantitative estimate of drug-likeness (QED) is 0.516. The van der Waals surface area contributed by atoms with E-state index in [0.717, 1.165) is 0 Å². The first-order valence-electron chi connectivity index (χ1n) is 2.66. The number of benzene rings is 1. The van der Waals surface area contributed by atoms with Crippen molar-refractivity contribution in [2.75, 3.05) is 0 Å². The molecule has 0 aliphatic carbocycles. The molecule has 0 aliphatic rings. The Labute approximate surface area is 102 Å². The molecule has 0 fully saturated rings. The second-order valence-corrected chi connectivity index (χ2v) is 4.37. The third-order valence-corrected chi connectivity index (χ3v) is 3.71. The Balaban J connectivity index is 0.00000121. The first kappa shape index (κ1) is 12.9. The zero-order valence-corrected chi connectivity index (χ0v) is 10.2. The van der Waals surface area contributed by atoms with Crippen LogP contribution in [0.25, 0.3) is 0 Å². The molecule has 0 bridgehead atoms. The maximum atomic E-state index is 10.6. The van der Waals surface area contributed by atoms with Gasteiger partial charge >= 0.3 is 18.9 Å². The molecule has 0 aromatic heterocycles. The van der Waals surface area contributed by atoms with E-state index in [-0.39, 0.29) is 23.8 Å². The van der Waals surface area contributed by atoms with Gasteiger partial charge in [-0.1, -0.05) is 6.07 Å². The fourth-order valence-electron chi connectivity index (χ4n) is 0.642. The van der Waals surface area contributed by atoms with E-state index in [9.17, 15) is 8.76 Å². The van der Waals surface area contributed by atoms with Crippen LogP contribution in [0.2, 0.25) is 0 Å². The molecule has 0 saturated heterocycles. The number of halogens is 2. The Morgan fingerprint density at radius 3 is 1.92 bits per heavy atom. The molecular formula is C6H3Br2LiO2S. The summed E-state index contributed by atoms with van der Waals surface area (Å²) in [6.45, 7) is 0. The number of rotatable bonds is 1. The van der Waals surface area contributed by atoms with Gasteiger partial charge in [0.2, 0.25) is 0 Å². The van der Waals surface area contributed by atoms with Gasteiger partial charge in [-0.25, -0.2) is 0 Å². The van der Waals surface area contributed by atoms with Crippen molar-refractivity contribution in [3.8, 4) is 0 Å². The van der Waals surface area contributed by atoms with Gasteiger partial charge in [0.25, 0.3) is 0 Å². The zero-order valence-electron chi connectivity index (χ0n) is 6.21. The van der Waals surface area contributed by atoms with Crippen molar-refractivity contribution in [1.82, 2.24) is 0 Å². The van der Waals surface area contributed by atoms with Gasteiger partial charge in [-0.3, -0.25) is 4.21 Å². The predicted molar refractivity (Wildman–Crippen MR) is 49.0 cm³/mol. The molecule has 6 heteroatoms. The summed E-state index contributed by atoms with van der Waals surface area (Å²) in [5, 5.41) is 0. The van der Waals surface area contributed by atoms with Crippen molar-refractivity contribution in [3.63, 3.8) is 0 Å².